The van der Waals surface area contributed by atoms with Gasteiger partial charge in [0.25, 0.3) is 0 Å². The maximum absolute atomic E-state index is 13.2. The van der Waals surface area contributed by atoms with Crippen molar-refractivity contribution >= 4 is 11.0 Å². The first-order valence-corrected chi connectivity index (χ1v) is 14.5. The Kier molecular flexibility index (Phi) is 7.40. The third-order valence-electron chi connectivity index (χ3n) is 7.91. The Morgan fingerprint density at radius 2 is 1.76 bits per heavy atom. The summed E-state index contributed by atoms with van der Waals surface area (Å²) in [5.74, 6) is 1.31. The number of alkyl halides is 3. The van der Waals surface area contributed by atoms with Gasteiger partial charge in [-0.3, -0.25) is 0 Å². The zero-order chi connectivity index (χ0) is 32.0. The number of aryl methyl sites for hydroxylation is 1. The number of hydrogen-bond donors (Lipinski definition) is 2. The molecule has 0 saturated heterocycles. The molecule has 0 aliphatic heterocycles. The quantitative estimate of drug-likeness (QED) is 0.189. The molecular formula is C33H28F3N7O3. The molecule has 46 heavy (non-hydrogen) atoms. The first-order chi connectivity index (χ1) is 22.2. The van der Waals surface area contributed by atoms with Gasteiger partial charge in [-0.1, -0.05) is 54.6 Å². The predicted octanol–water partition coefficient (Wildman–Crippen LogP) is 6.38. The Morgan fingerprint density at radius 3 is 2.43 bits per heavy atom. The zero-order valence-corrected chi connectivity index (χ0v) is 24.8. The number of hydrogen-bond acceptors (Lipinski definition) is 8. The normalized spacial score (nSPS) is 14.0. The minimum absolute atomic E-state index is 0.156. The Morgan fingerprint density at radius 1 is 1.00 bits per heavy atom. The van der Waals surface area contributed by atoms with Gasteiger partial charge in [-0.15, -0.1) is 0 Å². The SMILES string of the molecule is COc1ncnc(C2CC2)c1-c1nc(OCc2ccccc2)c2[nH]cc(C(O)c3ccc(-c4nc(C(F)(F)F)cn4C)cc3)c2n1. The number of aliphatic hydroxyl groups is 1. The molecule has 1 saturated carbocycles. The van der Waals surface area contributed by atoms with Crippen molar-refractivity contribution in [3.8, 4) is 34.5 Å². The molecule has 2 N–H and O–H groups in total. The Hall–Kier alpha value is -5.30. The van der Waals surface area contributed by atoms with Crippen molar-refractivity contribution < 1.29 is 27.8 Å². The zero-order valence-electron chi connectivity index (χ0n) is 24.8. The Bertz CT molecular complexity index is 2020. The summed E-state index contributed by atoms with van der Waals surface area (Å²) in [6.45, 7) is 0.242. The van der Waals surface area contributed by atoms with Gasteiger partial charge in [0.15, 0.2) is 11.5 Å². The van der Waals surface area contributed by atoms with Crippen LogP contribution in [-0.4, -0.2) is 46.7 Å². The molecule has 234 valence electrons. The van der Waals surface area contributed by atoms with Gasteiger partial charge in [0, 0.05) is 36.5 Å². The van der Waals surface area contributed by atoms with Crippen molar-refractivity contribution in [3.63, 3.8) is 0 Å². The molecule has 7 rings (SSSR count). The van der Waals surface area contributed by atoms with Crippen LogP contribution < -0.4 is 9.47 Å². The highest BCUT2D eigenvalue weighted by Gasteiger charge is 2.35. The number of rotatable bonds is 9. The molecule has 10 nitrogen and oxygen atoms in total. The lowest BCUT2D eigenvalue weighted by Gasteiger charge is -2.14. The second-order valence-corrected chi connectivity index (χ2v) is 11.1. The van der Waals surface area contributed by atoms with E-state index in [0.29, 0.717) is 45.0 Å². The molecule has 13 heteroatoms. The number of aromatic nitrogens is 7. The molecule has 0 spiro atoms. The van der Waals surface area contributed by atoms with E-state index in [1.807, 2.05) is 30.3 Å². The van der Waals surface area contributed by atoms with Crippen molar-refractivity contribution in [2.24, 2.45) is 7.05 Å². The maximum atomic E-state index is 13.2. The average Bonchev–Trinajstić information content (AvgIpc) is 3.70. The van der Waals surface area contributed by atoms with Gasteiger partial charge < -0.3 is 24.1 Å². The van der Waals surface area contributed by atoms with Crippen molar-refractivity contribution in [2.45, 2.75) is 37.6 Å². The van der Waals surface area contributed by atoms with Crippen LogP contribution in [0, 0.1) is 0 Å². The summed E-state index contributed by atoms with van der Waals surface area (Å²) in [5, 5.41) is 11.6. The number of ether oxygens (including phenoxy) is 2. The van der Waals surface area contributed by atoms with E-state index >= 15 is 0 Å². The number of H-pyrrole nitrogens is 1. The maximum Gasteiger partial charge on any atom is 0.434 e. The van der Waals surface area contributed by atoms with E-state index in [-0.39, 0.29) is 24.2 Å². The lowest BCUT2D eigenvalue weighted by Crippen LogP contribution is -2.06. The number of imidazole rings is 1. The number of nitrogens with one attached hydrogen (secondary N) is 1. The molecule has 0 bridgehead atoms. The highest BCUT2D eigenvalue weighted by atomic mass is 19.4. The molecule has 1 aliphatic carbocycles. The predicted molar refractivity (Wildman–Crippen MR) is 162 cm³/mol. The summed E-state index contributed by atoms with van der Waals surface area (Å²) in [6, 6.07) is 16.2. The largest absolute Gasteiger partial charge is 0.480 e. The molecule has 1 fully saturated rings. The monoisotopic (exact) mass is 627 g/mol. The first-order valence-electron chi connectivity index (χ1n) is 14.5. The molecule has 0 radical (unpaired) electrons. The molecule has 2 aromatic carbocycles. The second-order valence-electron chi connectivity index (χ2n) is 11.1. The fourth-order valence-corrected chi connectivity index (χ4v) is 5.43. The number of halogens is 3. The fraction of sp³-hybridized carbons (Fsp3) is 0.242. The molecule has 6 aromatic rings. The molecule has 4 aromatic heterocycles. The topological polar surface area (TPSA) is 124 Å². The minimum atomic E-state index is -4.55. The van der Waals surface area contributed by atoms with E-state index in [1.165, 1.54) is 25.1 Å². The van der Waals surface area contributed by atoms with E-state index < -0.39 is 18.0 Å². The number of nitrogens with zero attached hydrogens (tertiary/aromatic N) is 6. The van der Waals surface area contributed by atoms with Gasteiger partial charge in [-0.25, -0.2) is 19.9 Å². The number of aromatic amines is 1. The van der Waals surface area contributed by atoms with E-state index in [4.69, 9.17) is 19.4 Å². The van der Waals surface area contributed by atoms with Crippen LogP contribution in [0.25, 0.3) is 33.8 Å². The Balaban J connectivity index is 1.29. The van der Waals surface area contributed by atoms with Crippen molar-refractivity contribution in [3.05, 3.63) is 101 Å². The summed E-state index contributed by atoms with van der Waals surface area (Å²) in [6.07, 6.45) is 0.314. The second kappa shape index (κ2) is 11.6. The van der Waals surface area contributed by atoms with Crippen LogP contribution in [0.15, 0.2) is 73.3 Å². The van der Waals surface area contributed by atoms with Crippen LogP contribution in [0.5, 0.6) is 11.8 Å². The smallest absolute Gasteiger partial charge is 0.434 e. The molecule has 4 heterocycles. The number of methoxy groups -OCH3 is 1. The lowest BCUT2D eigenvalue weighted by molar-refractivity contribution is -0.140. The van der Waals surface area contributed by atoms with Gasteiger partial charge >= 0.3 is 6.18 Å². The van der Waals surface area contributed by atoms with Crippen LogP contribution in [-0.2, 0) is 19.8 Å². The van der Waals surface area contributed by atoms with E-state index in [0.717, 1.165) is 30.3 Å². The summed E-state index contributed by atoms with van der Waals surface area (Å²) in [5.41, 5.74) is 3.67. The van der Waals surface area contributed by atoms with Crippen LogP contribution >= 0.6 is 0 Å². The third-order valence-corrected chi connectivity index (χ3v) is 7.91. The number of benzene rings is 2. The van der Waals surface area contributed by atoms with Crippen LogP contribution in [0.2, 0.25) is 0 Å². The summed E-state index contributed by atoms with van der Waals surface area (Å²) in [4.78, 5) is 25.5. The molecule has 1 aliphatic rings. The van der Waals surface area contributed by atoms with Gasteiger partial charge in [0.05, 0.1) is 12.8 Å². The van der Waals surface area contributed by atoms with E-state index in [2.05, 4.69) is 19.9 Å². The molecular weight excluding hydrogens is 599 g/mol. The fourth-order valence-electron chi connectivity index (χ4n) is 5.43. The van der Waals surface area contributed by atoms with Crippen LogP contribution in [0.4, 0.5) is 13.2 Å². The first kappa shape index (κ1) is 29.4. The highest BCUT2D eigenvalue weighted by molar-refractivity contribution is 5.86. The highest BCUT2D eigenvalue weighted by Crippen LogP contribution is 2.45. The molecule has 0 amide bonds. The molecule has 1 unspecified atom stereocenters. The van der Waals surface area contributed by atoms with Crippen LogP contribution in [0.3, 0.4) is 0 Å². The average molecular weight is 628 g/mol. The van der Waals surface area contributed by atoms with Gasteiger partial charge in [0.1, 0.15) is 41.5 Å². The third kappa shape index (κ3) is 5.53. The molecule has 1 atom stereocenters. The Labute approximate surface area is 260 Å². The summed E-state index contributed by atoms with van der Waals surface area (Å²) in [7, 11) is 3.03. The lowest BCUT2D eigenvalue weighted by atomic mass is 10.0. The van der Waals surface area contributed by atoms with Crippen molar-refractivity contribution in [1.82, 2.24) is 34.5 Å². The van der Waals surface area contributed by atoms with E-state index in [1.54, 1.807) is 30.5 Å². The summed E-state index contributed by atoms with van der Waals surface area (Å²) < 4.78 is 52.8. The van der Waals surface area contributed by atoms with Gasteiger partial charge in [-0.2, -0.15) is 18.2 Å². The van der Waals surface area contributed by atoms with Gasteiger partial charge in [0.2, 0.25) is 11.8 Å². The summed E-state index contributed by atoms with van der Waals surface area (Å²) >= 11 is 0. The van der Waals surface area contributed by atoms with Crippen molar-refractivity contribution in [1.29, 1.82) is 0 Å². The van der Waals surface area contributed by atoms with E-state index in [9.17, 15) is 18.3 Å². The van der Waals surface area contributed by atoms with Gasteiger partial charge in [-0.05, 0) is 24.0 Å². The minimum Gasteiger partial charge on any atom is -0.480 e. The number of aliphatic hydroxyl groups excluding tert-OH is 1. The number of fused-ring (bicyclic) bond motifs is 1. The van der Waals surface area contributed by atoms with Crippen molar-refractivity contribution in [2.75, 3.05) is 7.11 Å². The standard InChI is InChI=1S/C33H28F3N7O3/c1-43-15-23(33(34,35)36)40-30(43)21-12-10-20(11-13-21)28(44)22-14-37-27-26(22)41-29(42-32(27)46-16-18-6-4-3-5-7-18)24-25(19-8-9-19)38-17-39-31(24)45-2/h3-7,10-15,17,19,28,37,44H,8-9,16H2,1-2H3. The van der Waals surface area contributed by atoms with Crippen LogP contribution in [0.1, 0.15) is 52.9 Å².